The molecule has 4 heteroatoms. The number of piperazine rings is 1. The minimum Gasteiger partial charge on any atom is -0.355 e. The van der Waals surface area contributed by atoms with E-state index in [9.17, 15) is 4.79 Å². The molecule has 1 saturated heterocycles. The fourth-order valence-electron chi connectivity index (χ4n) is 1.80. The van der Waals surface area contributed by atoms with E-state index in [4.69, 9.17) is 0 Å². The topological polar surface area (TPSA) is 44.4 Å². The summed E-state index contributed by atoms with van der Waals surface area (Å²) in [6.07, 6.45) is 0. The van der Waals surface area contributed by atoms with Gasteiger partial charge in [-0.3, -0.25) is 9.69 Å². The SMILES string of the molecule is CC(=O)NCCN1CCNCC1(C)C. The van der Waals surface area contributed by atoms with Crippen LogP contribution >= 0.6 is 0 Å². The average Bonchev–Trinajstić information content (AvgIpc) is 2.07. The van der Waals surface area contributed by atoms with Crippen LogP contribution in [0.25, 0.3) is 0 Å². The summed E-state index contributed by atoms with van der Waals surface area (Å²) in [5, 5.41) is 6.20. The molecule has 0 spiro atoms. The summed E-state index contributed by atoms with van der Waals surface area (Å²) in [4.78, 5) is 13.1. The van der Waals surface area contributed by atoms with E-state index in [0.717, 1.165) is 32.7 Å². The number of carbonyl (C=O) groups is 1. The highest BCUT2D eigenvalue weighted by Crippen LogP contribution is 2.14. The normalized spacial score (nSPS) is 21.9. The summed E-state index contributed by atoms with van der Waals surface area (Å²) < 4.78 is 0. The minimum atomic E-state index is 0.0536. The Balaban J connectivity index is 2.31. The predicted molar refractivity (Wildman–Crippen MR) is 57.2 cm³/mol. The van der Waals surface area contributed by atoms with Crippen molar-refractivity contribution in [3.8, 4) is 0 Å². The Kier molecular flexibility index (Phi) is 3.89. The molecule has 0 unspecified atom stereocenters. The summed E-state index contributed by atoms with van der Waals surface area (Å²) in [5.74, 6) is 0.0536. The molecule has 0 atom stereocenters. The first-order chi connectivity index (χ1) is 6.52. The van der Waals surface area contributed by atoms with Crippen molar-refractivity contribution in [2.75, 3.05) is 32.7 Å². The Morgan fingerprint density at radius 1 is 1.57 bits per heavy atom. The second-order valence-corrected chi connectivity index (χ2v) is 4.46. The predicted octanol–water partition coefficient (Wildman–Crippen LogP) is -0.194. The third kappa shape index (κ3) is 3.27. The highest BCUT2D eigenvalue weighted by molar-refractivity contribution is 5.72. The van der Waals surface area contributed by atoms with Crippen LogP contribution in [-0.2, 0) is 4.79 Å². The third-order valence-corrected chi connectivity index (χ3v) is 2.73. The maximum absolute atomic E-state index is 10.7. The molecule has 0 radical (unpaired) electrons. The Hall–Kier alpha value is -0.610. The second kappa shape index (κ2) is 4.75. The molecule has 1 rings (SSSR count). The van der Waals surface area contributed by atoms with Crippen molar-refractivity contribution in [2.45, 2.75) is 26.3 Å². The van der Waals surface area contributed by atoms with Gasteiger partial charge in [0.15, 0.2) is 0 Å². The van der Waals surface area contributed by atoms with Gasteiger partial charge in [-0.15, -0.1) is 0 Å². The van der Waals surface area contributed by atoms with Gasteiger partial charge in [0.25, 0.3) is 0 Å². The number of nitrogens with zero attached hydrogens (tertiary/aromatic N) is 1. The van der Waals surface area contributed by atoms with E-state index in [0.29, 0.717) is 0 Å². The van der Waals surface area contributed by atoms with Crippen molar-refractivity contribution in [3.63, 3.8) is 0 Å². The lowest BCUT2D eigenvalue weighted by molar-refractivity contribution is -0.119. The number of nitrogens with one attached hydrogen (secondary N) is 2. The molecule has 0 bridgehead atoms. The fourth-order valence-corrected chi connectivity index (χ4v) is 1.80. The molecule has 0 aromatic carbocycles. The fraction of sp³-hybridized carbons (Fsp3) is 0.900. The van der Waals surface area contributed by atoms with Crippen molar-refractivity contribution in [1.82, 2.24) is 15.5 Å². The van der Waals surface area contributed by atoms with Gasteiger partial charge < -0.3 is 10.6 Å². The van der Waals surface area contributed by atoms with E-state index < -0.39 is 0 Å². The quantitative estimate of drug-likeness (QED) is 0.662. The zero-order valence-electron chi connectivity index (χ0n) is 9.39. The number of hydrogen-bond donors (Lipinski definition) is 2. The molecule has 0 saturated carbocycles. The van der Waals surface area contributed by atoms with E-state index in [1.54, 1.807) is 6.92 Å². The summed E-state index contributed by atoms with van der Waals surface area (Å²) in [5.41, 5.74) is 0.205. The standard InChI is InChI=1S/C10H21N3O/c1-9(14)12-5-7-13-6-4-11-8-10(13,2)3/h11H,4-8H2,1-3H3,(H,12,14). The molecule has 1 aliphatic rings. The molecule has 2 N–H and O–H groups in total. The van der Waals surface area contributed by atoms with E-state index in [1.165, 1.54) is 0 Å². The smallest absolute Gasteiger partial charge is 0.216 e. The van der Waals surface area contributed by atoms with Gasteiger partial charge in [-0.1, -0.05) is 0 Å². The molecule has 1 aliphatic heterocycles. The zero-order valence-corrected chi connectivity index (χ0v) is 9.39. The van der Waals surface area contributed by atoms with Gasteiger partial charge in [0.1, 0.15) is 0 Å². The molecular formula is C10H21N3O. The number of amides is 1. The summed E-state index contributed by atoms with van der Waals surface area (Å²) in [7, 11) is 0. The molecule has 0 aromatic rings. The van der Waals surface area contributed by atoms with Gasteiger partial charge in [0.05, 0.1) is 0 Å². The number of rotatable bonds is 3. The zero-order chi connectivity index (χ0) is 10.6. The van der Waals surface area contributed by atoms with Crippen LogP contribution in [0.5, 0.6) is 0 Å². The monoisotopic (exact) mass is 199 g/mol. The van der Waals surface area contributed by atoms with Crippen molar-refractivity contribution in [2.24, 2.45) is 0 Å². The third-order valence-electron chi connectivity index (χ3n) is 2.73. The van der Waals surface area contributed by atoms with E-state index in [-0.39, 0.29) is 11.4 Å². The lowest BCUT2D eigenvalue weighted by Crippen LogP contribution is -2.59. The highest BCUT2D eigenvalue weighted by Gasteiger charge is 2.28. The lowest BCUT2D eigenvalue weighted by atomic mass is 10.0. The Labute approximate surface area is 86.0 Å². The molecule has 14 heavy (non-hydrogen) atoms. The molecule has 0 aromatic heterocycles. The number of hydrogen-bond acceptors (Lipinski definition) is 3. The van der Waals surface area contributed by atoms with Crippen LogP contribution in [-0.4, -0.2) is 49.1 Å². The first-order valence-corrected chi connectivity index (χ1v) is 5.22. The lowest BCUT2D eigenvalue weighted by Gasteiger charge is -2.42. The Morgan fingerprint density at radius 2 is 2.29 bits per heavy atom. The first kappa shape index (κ1) is 11.5. The van der Waals surface area contributed by atoms with Gasteiger partial charge >= 0.3 is 0 Å². The summed E-state index contributed by atoms with van der Waals surface area (Å²) in [6, 6.07) is 0. The second-order valence-electron chi connectivity index (χ2n) is 4.46. The molecule has 1 heterocycles. The van der Waals surface area contributed by atoms with Gasteiger partial charge in [-0.2, -0.15) is 0 Å². The Bertz CT molecular complexity index is 204. The minimum absolute atomic E-state index is 0.0536. The van der Waals surface area contributed by atoms with Crippen molar-refractivity contribution >= 4 is 5.91 Å². The van der Waals surface area contributed by atoms with Crippen molar-refractivity contribution in [3.05, 3.63) is 0 Å². The largest absolute Gasteiger partial charge is 0.355 e. The van der Waals surface area contributed by atoms with Gasteiger partial charge in [-0.05, 0) is 13.8 Å². The van der Waals surface area contributed by atoms with Crippen LogP contribution in [0.2, 0.25) is 0 Å². The van der Waals surface area contributed by atoms with E-state index >= 15 is 0 Å². The molecule has 0 aliphatic carbocycles. The highest BCUT2D eigenvalue weighted by atomic mass is 16.1. The van der Waals surface area contributed by atoms with Crippen LogP contribution in [0.15, 0.2) is 0 Å². The van der Waals surface area contributed by atoms with Crippen molar-refractivity contribution in [1.29, 1.82) is 0 Å². The summed E-state index contributed by atoms with van der Waals surface area (Å²) in [6.45, 7) is 10.8. The van der Waals surface area contributed by atoms with Crippen LogP contribution in [0.3, 0.4) is 0 Å². The molecule has 1 fully saturated rings. The van der Waals surface area contributed by atoms with Crippen LogP contribution < -0.4 is 10.6 Å². The maximum Gasteiger partial charge on any atom is 0.216 e. The van der Waals surface area contributed by atoms with Gasteiger partial charge in [-0.25, -0.2) is 0 Å². The van der Waals surface area contributed by atoms with Crippen LogP contribution in [0, 0.1) is 0 Å². The van der Waals surface area contributed by atoms with Crippen molar-refractivity contribution < 1.29 is 4.79 Å². The molecule has 82 valence electrons. The first-order valence-electron chi connectivity index (χ1n) is 5.22. The maximum atomic E-state index is 10.7. The Morgan fingerprint density at radius 3 is 2.86 bits per heavy atom. The number of carbonyl (C=O) groups excluding carboxylic acids is 1. The molecule has 1 amide bonds. The molecule has 4 nitrogen and oxygen atoms in total. The van der Waals surface area contributed by atoms with Crippen LogP contribution in [0.4, 0.5) is 0 Å². The van der Waals surface area contributed by atoms with Gasteiger partial charge in [0.2, 0.25) is 5.91 Å². The van der Waals surface area contributed by atoms with Gasteiger partial charge in [0, 0.05) is 45.2 Å². The van der Waals surface area contributed by atoms with E-state index in [2.05, 4.69) is 29.4 Å². The van der Waals surface area contributed by atoms with Crippen LogP contribution in [0.1, 0.15) is 20.8 Å². The average molecular weight is 199 g/mol. The summed E-state index contributed by atoms with van der Waals surface area (Å²) >= 11 is 0. The molecular weight excluding hydrogens is 178 g/mol. The van der Waals surface area contributed by atoms with E-state index in [1.807, 2.05) is 0 Å².